The van der Waals surface area contributed by atoms with E-state index in [4.69, 9.17) is 4.74 Å². The van der Waals surface area contributed by atoms with Crippen molar-refractivity contribution in [3.05, 3.63) is 41.8 Å². The van der Waals surface area contributed by atoms with E-state index < -0.39 is 29.1 Å². The maximum Gasteiger partial charge on any atom is 0.260 e. The Bertz CT molecular complexity index is 592. The lowest BCUT2D eigenvalue weighted by Crippen LogP contribution is -2.04. The lowest BCUT2D eigenvalue weighted by Gasteiger charge is -2.08. The van der Waals surface area contributed by atoms with E-state index in [-0.39, 0.29) is 5.95 Å². The molecule has 0 unspecified atom stereocenters. The minimum atomic E-state index is -1.20. The smallest absolute Gasteiger partial charge is 0.260 e. The van der Waals surface area contributed by atoms with Crippen molar-refractivity contribution in [3.63, 3.8) is 0 Å². The van der Waals surface area contributed by atoms with E-state index in [0.717, 1.165) is 12.3 Å². The molecule has 0 fully saturated rings. The van der Waals surface area contributed by atoms with Crippen LogP contribution in [0.2, 0.25) is 0 Å². The number of hydrogen-bond donors (Lipinski definition) is 1. The van der Waals surface area contributed by atoms with E-state index in [9.17, 15) is 13.2 Å². The molecule has 0 radical (unpaired) electrons. The molecule has 1 N–H and O–H groups in total. The number of nitrogens with one attached hydrogen (secondary N) is 1. The minimum absolute atomic E-state index is 0.135. The number of nitrogens with zero attached hydrogens (tertiary/aromatic N) is 2. The first-order valence-corrected chi connectivity index (χ1v) is 5.50. The van der Waals surface area contributed by atoms with Crippen molar-refractivity contribution in [1.82, 2.24) is 9.97 Å². The number of ether oxygens (including phenoxy) is 1. The molecule has 0 atom stereocenters. The molecule has 0 bridgehead atoms. The highest BCUT2D eigenvalue weighted by atomic mass is 19.2. The molecule has 4 nitrogen and oxygen atoms in total. The summed E-state index contributed by atoms with van der Waals surface area (Å²) in [6.07, 6.45) is 0.886. The molecule has 19 heavy (non-hydrogen) atoms. The molecular weight excluding hydrogens is 259 g/mol. The van der Waals surface area contributed by atoms with E-state index >= 15 is 0 Å². The van der Waals surface area contributed by atoms with Crippen molar-refractivity contribution < 1.29 is 17.9 Å². The molecule has 2 rings (SSSR count). The van der Waals surface area contributed by atoms with Gasteiger partial charge in [0.15, 0.2) is 11.6 Å². The first-order valence-electron chi connectivity index (χ1n) is 5.50. The fourth-order valence-electron chi connectivity index (χ4n) is 1.33. The third-order valence-electron chi connectivity index (χ3n) is 2.17. The largest absolute Gasteiger partial charge is 0.433 e. The van der Waals surface area contributed by atoms with Gasteiger partial charge >= 0.3 is 0 Å². The summed E-state index contributed by atoms with van der Waals surface area (Å²) in [4.78, 5) is 7.38. The summed E-state index contributed by atoms with van der Waals surface area (Å²) in [5, 5.41) is 2.75. The molecule has 0 aliphatic heterocycles. The zero-order chi connectivity index (χ0) is 13.8. The Hall–Kier alpha value is -2.31. The van der Waals surface area contributed by atoms with Gasteiger partial charge in [-0.1, -0.05) is 6.07 Å². The summed E-state index contributed by atoms with van der Waals surface area (Å²) in [5.74, 6) is -3.94. The summed E-state index contributed by atoms with van der Waals surface area (Å²) in [6.45, 7) is 2.33. The van der Waals surface area contributed by atoms with Gasteiger partial charge < -0.3 is 10.1 Å². The zero-order valence-electron chi connectivity index (χ0n) is 9.95. The van der Waals surface area contributed by atoms with Gasteiger partial charge in [0.2, 0.25) is 17.6 Å². The molecule has 0 aliphatic rings. The standard InChI is InChI=1S/C12H10F3N3O/c1-2-16-12-17-6-8(14)11(18-12)19-9-5-3-4-7(13)10(9)15/h3-6H,2H2,1H3,(H,16,17,18). The van der Waals surface area contributed by atoms with Gasteiger partial charge in [0, 0.05) is 6.54 Å². The number of rotatable bonds is 4. The Morgan fingerprint density at radius 3 is 2.74 bits per heavy atom. The molecule has 0 saturated heterocycles. The van der Waals surface area contributed by atoms with Crippen LogP contribution in [-0.2, 0) is 0 Å². The average molecular weight is 269 g/mol. The third kappa shape index (κ3) is 2.93. The van der Waals surface area contributed by atoms with E-state index in [2.05, 4.69) is 15.3 Å². The topological polar surface area (TPSA) is 47.0 Å². The number of halogens is 3. The van der Waals surface area contributed by atoms with Crippen molar-refractivity contribution in [3.8, 4) is 11.6 Å². The summed E-state index contributed by atoms with van der Waals surface area (Å²) in [5.41, 5.74) is 0. The summed E-state index contributed by atoms with van der Waals surface area (Å²) in [7, 11) is 0. The van der Waals surface area contributed by atoms with Gasteiger partial charge in [-0.05, 0) is 19.1 Å². The maximum absolute atomic E-state index is 13.4. The Balaban J connectivity index is 2.32. The normalized spacial score (nSPS) is 10.3. The van der Waals surface area contributed by atoms with Crippen LogP contribution in [0.1, 0.15) is 6.92 Å². The second kappa shape index (κ2) is 5.55. The molecule has 100 valence electrons. The monoisotopic (exact) mass is 269 g/mol. The van der Waals surface area contributed by atoms with Crippen LogP contribution in [0.25, 0.3) is 0 Å². The fourth-order valence-corrected chi connectivity index (χ4v) is 1.33. The maximum atomic E-state index is 13.4. The Labute approximate surface area is 107 Å². The van der Waals surface area contributed by atoms with Crippen molar-refractivity contribution in [2.24, 2.45) is 0 Å². The molecule has 0 saturated carbocycles. The number of hydrogen-bond acceptors (Lipinski definition) is 4. The summed E-state index contributed by atoms with van der Waals surface area (Å²) in [6, 6.07) is 3.35. The van der Waals surface area contributed by atoms with Crippen LogP contribution in [0.5, 0.6) is 11.6 Å². The van der Waals surface area contributed by atoms with Crippen LogP contribution in [0.3, 0.4) is 0 Å². The van der Waals surface area contributed by atoms with Crippen LogP contribution in [-0.4, -0.2) is 16.5 Å². The zero-order valence-corrected chi connectivity index (χ0v) is 9.95. The molecule has 1 aromatic heterocycles. The lowest BCUT2D eigenvalue weighted by molar-refractivity contribution is 0.383. The quantitative estimate of drug-likeness (QED) is 0.926. The van der Waals surface area contributed by atoms with Gasteiger partial charge in [-0.3, -0.25) is 0 Å². The molecule has 0 spiro atoms. The molecule has 1 heterocycles. The van der Waals surface area contributed by atoms with Gasteiger partial charge in [-0.2, -0.15) is 13.8 Å². The number of aromatic nitrogens is 2. The molecule has 0 amide bonds. The van der Waals surface area contributed by atoms with Crippen molar-refractivity contribution >= 4 is 5.95 Å². The Morgan fingerprint density at radius 1 is 1.21 bits per heavy atom. The van der Waals surface area contributed by atoms with E-state index in [1.165, 1.54) is 12.1 Å². The summed E-state index contributed by atoms with van der Waals surface area (Å²) >= 11 is 0. The van der Waals surface area contributed by atoms with Gasteiger partial charge in [-0.25, -0.2) is 9.37 Å². The highest BCUT2D eigenvalue weighted by Gasteiger charge is 2.14. The first-order chi connectivity index (χ1) is 9.11. The van der Waals surface area contributed by atoms with Crippen molar-refractivity contribution in [1.29, 1.82) is 0 Å². The van der Waals surface area contributed by atoms with E-state index in [1.54, 1.807) is 6.92 Å². The van der Waals surface area contributed by atoms with Crippen molar-refractivity contribution in [2.75, 3.05) is 11.9 Å². The fraction of sp³-hybridized carbons (Fsp3) is 0.167. The van der Waals surface area contributed by atoms with Gasteiger partial charge in [0.05, 0.1) is 6.20 Å². The predicted octanol–water partition coefficient (Wildman–Crippen LogP) is 3.12. The van der Waals surface area contributed by atoms with Gasteiger partial charge in [-0.15, -0.1) is 0 Å². The lowest BCUT2D eigenvalue weighted by atomic mass is 10.3. The second-order valence-electron chi connectivity index (χ2n) is 3.53. The predicted molar refractivity (Wildman–Crippen MR) is 62.6 cm³/mol. The van der Waals surface area contributed by atoms with E-state index in [0.29, 0.717) is 6.54 Å². The molecule has 2 aromatic rings. The van der Waals surface area contributed by atoms with Gasteiger partial charge in [0.1, 0.15) is 0 Å². The number of anilines is 1. The highest BCUT2D eigenvalue weighted by molar-refractivity contribution is 5.33. The van der Waals surface area contributed by atoms with E-state index in [1.807, 2.05) is 0 Å². The Morgan fingerprint density at radius 2 is 2.00 bits per heavy atom. The Kier molecular flexibility index (Phi) is 3.84. The highest BCUT2D eigenvalue weighted by Crippen LogP contribution is 2.26. The van der Waals surface area contributed by atoms with Crippen LogP contribution < -0.4 is 10.1 Å². The van der Waals surface area contributed by atoms with Gasteiger partial charge in [0.25, 0.3) is 5.88 Å². The van der Waals surface area contributed by atoms with Crippen LogP contribution in [0, 0.1) is 17.5 Å². The summed E-state index contributed by atoms with van der Waals surface area (Å²) < 4.78 is 44.7. The third-order valence-corrected chi connectivity index (χ3v) is 2.17. The van der Waals surface area contributed by atoms with Crippen LogP contribution >= 0.6 is 0 Å². The minimum Gasteiger partial charge on any atom is -0.433 e. The average Bonchev–Trinajstić information content (AvgIpc) is 2.39. The SMILES string of the molecule is CCNc1ncc(F)c(Oc2cccc(F)c2F)n1. The first kappa shape index (κ1) is 13.1. The number of benzene rings is 1. The van der Waals surface area contributed by atoms with Crippen LogP contribution in [0.4, 0.5) is 19.1 Å². The van der Waals surface area contributed by atoms with Crippen molar-refractivity contribution in [2.45, 2.75) is 6.92 Å². The molecule has 1 aromatic carbocycles. The molecule has 0 aliphatic carbocycles. The molecule has 7 heteroatoms. The van der Waals surface area contributed by atoms with Crippen LogP contribution in [0.15, 0.2) is 24.4 Å². The second-order valence-corrected chi connectivity index (χ2v) is 3.53. The molecular formula is C12H10F3N3O.